The lowest BCUT2D eigenvalue weighted by Crippen LogP contribution is -2.43. The number of piperidine rings is 1. The Bertz CT molecular complexity index is 927. The molecule has 1 aliphatic heterocycles. The lowest BCUT2D eigenvalue weighted by Gasteiger charge is -2.41. The van der Waals surface area contributed by atoms with Gasteiger partial charge in [0.2, 0.25) is 0 Å². The number of halogens is 1. The van der Waals surface area contributed by atoms with Crippen LogP contribution in [0.3, 0.4) is 0 Å². The Morgan fingerprint density at radius 3 is 1.97 bits per heavy atom. The molecule has 32 heavy (non-hydrogen) atoms. The smallest absolute Gasteiger partial charge is 0.123 e. The van der Waals surface area contributed by atoms with Crippen LogP contribution >= 0.6 is 12.4 Å². The molecular formula is C28H34ClNO2. The first-order chi connectivity index (χ1) is 15.2. The third-order valence-electron chi connectivity index (χ3n) is 6.42. The monoisotopic (exact) mass is 451 g/mol. The fourth-order valence-electron chi connectivity index (χ4n) is 4.80. The van der Waals surface area contributed by atoms with Gasteiger partial charge in [-0.15, -0.1) is 12.4 Å². The van der Waals surface area contributed by atoms with E-state index in [9.17, 15) is 5.11 Å². The van der Waals surface area contributed by atoms with Crippen LogP contribution in [0.4, 0.5) is 0 Å². The minimum absolute atomic E-state index is 0. The molecule has 1 heterocycles. The first-order valence-electron chi connectivity index (χ1n) is 11.5. The Hall–Kier alpha value is -2.33. The summed E-state index contributed by atoms with van der Waals surface area (Å²) in [5, 5.41) is 12.6. The molecule has 1 fully saturated rings. The average molecular weight is 452 g/mol. The third-order valence-corrected chi connectivity index (χ3v) is 6.42. The second kappa shape index (κ2) is 11.5. The van der Waals surface area contributed by atoms with Crippen molar-refractivity contribution in [1.29, 1.82) is 0 Å². The number of hydrogen-bond donors (Lipinski definition) is 1. The van der Waals surface area contributed by atoms with E-state index in [1.165, 1.54) is 19.3 Å². The van der Waals surface area contributed by atoms with Gasteiger partial charge in [-0.1, -0.05) is 79.2 Å². The van der Waals surface area contributed by atoms with Crippen LogP contribution in [-0.4, -0.2) is 36.2 Å². The summed E-state index contributed by atoms with van der Waals surface area (Å²) in [5.74, 6) is 0.737. The largest absolute Gasteiger partial charge is 0.494 e. The van der Waals surface area contributed by atoms with Crippen LogP contribution in [0.5, 0.6) is 5.75 Å². The van der Waals surface area contributed by atoms with Gasteiger partial charge >= 0.3 is 0 Å². The van der Waals surface area contributed by atoms with Gasteiger partial charge in [-0.2, -0.15) is 0 Å². The topological polar surface area (TPSA) is 32.7 Å². The molecule has 1 N–H and O–H groups in total. The van der Waals surface area contributed by atoms with Gasteiger partial charge in [0.15, 0.2) is 0 Å². The summed E-state index contributed by atoms with van der Waals surface area (Å²) in [5.41, 5.74) is 1.83. The van der Waals surface area contributed by atoms with Crippen LogP contribution in [0.25, 0.3) is 0 Å². The van der Waals surface area contributed by atoms with E-state index < -0.39 is 5.60 Å². The summed E-state index contributed by atoms with van der Waals surface area (Å²) in [6.07, 6.45) is 3.76. The van der Waals surface area contributed by atoms with Crippen molar-refractivity contribution in [2.75, 3.05) is 26.2 Å². The number of nitrogens with zero attached hydrogens (tertiary/aromatic N) is 1. The Kier molecular flexibility index (Phi) is 8.75. The first kappa shape index (κ1) is 24.3. The molecule has 0 amide bonds. The number of hydrogen-bond acceptors (Lipinski definition) is 3. The summed E-state index contributed by atoms with van der Waals surface area (Å²) in [6, 6.07) is 28.6. The summed E-state index contributed by atoms with van der Waals surface area (Å²) in [6.45, 7) is 5.62. The fourth-order valence-corrected chi connectivity index (χ4v) is 4.80. The molecule has 4 rings (SSSR count). The maximum Gasteiger partial charge on any atom is 0.123 e. The molecule has 3 aromatic rings. The zero-order valence-electron chi connectivity index (χ0n) is 18.8. The van der Waals surface area contributed by atoms with E-state index in [1.54, 1.807) is 0 Å². The van der Waals surface area contributed by atoms with Gasteiger partial charge in [0.05, 0.1) is 6.61 Å². The van der Waals surface area contributed by atoms with Crippen molar-refractivity contribution in [1.82, 2.24) is 4.90 Å². The van der Waals surface area contributed by atoms with E-state index in [2.05, 4.69) is 29.2 Å². The molecule has 1 aliphatic rings. The Morgan fingerprint density at radius 1 is 0.812 bits per heavy atom. The molecule has 2 atom stereocenters. The van der Waals surface area contributed by atoms with Crippen molar-refractivity contribution >= 4 is 12.4 Å². The van der Waals surface area contributed by atoms with E-state index in [4.69, 9.17) is 4.74 Å². The van der Waals surface area contributed by atoms with Crippen molar-refractivity contribution in [3.05, 3.63) is 102 Å². The summed E-state index contributed by atoms with van der Waals surface area (Å²) in [7, 11) is 0. The Morgan fingerprint density at radius 2 is 1.38 bits per heavy atom. The average Bonchev–Trinajstić information content (AvgIpc) is 2.84. The first-order valence-corrected chi connectivity index (χ1v) is 11.5. The minimum Gasteiger partial charge on any atom is -0.494 e. The highest BCUT2D eigenvalue weighted by Crippen LogP contribution is 2.43. The third kappa shape index (κ3) is 5.35. The molecule has 3 aromatic carbocycles. The van der Waals surface area contributed by atoms with E-state index in [0.29, 0.717) is 6.61 Å². The molecule has 0 spiro atoms. The molecule has 0 bridgehead atoms. The van der Waals surface area contributed by atoms with Gasteiger partial charge < -0.3 is 14.7 Å². The fraction of sp³-hybridized carbons (Fsp3) is 0.357. The number of rotatable bonds is 8. The van der Waals surface area contributed by atoms with Crippen molar-refractivity contribution in [2.24, 2.45) is 0 Å². The molecule has 3 nitrogen and oxygen atoms in total. The molecule has 0 saturated carbocycles. The van der Waals surface area contributed by atoms with Gasteiger partial charge in [0.1, 0.15) is 11.4 Å². The van der Waals surface area contributed by atoms with Crippen LogP contribution in [0.1, 0.15) is 48.8 Å². The second-order valence-corrected chi connectivity index (χ2v) is 8.41. The molecule has 0 radical (unpaired) electrons. The van der Waals surface area contributed by atoms with E-state index >= 15 is 0 Å². The number of ether oxygens (including phenoxy) is 1. The maximum atomic E-state index is 12.6. The van der Waals surface area contributed by atoms with Crippen LogP contribution in [-0.2, 0) is 5.60 Å². The summed E-state index contributed by atoms with van der Waals surface area (Å²) >= 11 is 0. The van der Waals surface area contributed by atoms with Crippen molar-refractivity contribution in [3.63, 3.8) is 0 Å². The standard InChI is InChI=1S/C28H33NO2.ClH/c1-2-31-26-18-16-25(17-19-26)28(30,24-14-8-4-9-15-24)27(23-12-6-3-7-13-23)22-29-20-10-5-11-21-29;/h3-4,6-9,12-19,27,30H,2,5,10-11,20-22H2,1H3;1H. The molecule has 1 saturated heterocycles. The van der Waals surface area contributed by atoms with E-state index in [0.717, 1.165) is 42.1 Å². The van der Waals surface area contributed by atoms with Gasteiger partial charge in [-0.05, 0) is 61.7 Å². The van der Waals surface area contributed by atoms with Crippen molar-refractivity contribution in [2.45, 2.75) is 37.7 Å². The van der Waals surface area contributed by atoms with Gasteiger partial charge in [-0.3, -0.25) is 0 Å². The minimum atomic E-state index is -1.15. The lowest BCUT2D eigenvalue weighted by atomic mass is 9.72. The zero-order chi connectivity index (χ0) is 21.5. The van der Waals surface area contributed by atoms with Crippen LogP contribution in [0, 0.1) is 0 Å². The SMILES string of the molecule is CCOc1ccc(C(O)(c2ccccc2)C(CN2CCCCC2)c2ccccc2)cc1.Cl. The van der Waals surface area contributed by atoms with Gasteiger partial charge in [0.25, 0.3) is 0 Å². The summed E-state index contributed by atoms with van der Waals surface area (Å²) < 4.78 is 5.66. The quantitative estimate of drug-likeness (QED) is 0.455. The summed E-state index contributed by atoms with van der Waals surface area (Å²) in [4.78, 5) is 2.52. The van der Waals surface area contributed by atoms with Crippen LogP contribution in [0.15, 0.2) is 84.9 Å². The Labute approximate surface area is 198 Å². The molecular weight excluding hydrogens is 418 g/mol. The van der Waals surface area contributed by atoms with Crippen LogP contribution in [0.2, 0.25) is 0 Å². The van der Waals surface area contributed by atoms with Gasteiger partial charge in [-0.25, -0.2) is 0 Å². The zero-order valence-corrected chi connectivity index (χ0v) is 19.6. The Balaban J connectivity index is 0.00000289. The van der Waals surface area contributed by atoms with E-state index in [1.807, 2.05) is 67.6 Å². The maximum absolute atomic E-state index is 12.6. The van der Waals surface area contributed by atoms with Crippen LogP contribution < -0.4 is 4.74 Å². The molecule has 2 unspecified atom stereocenters. The molecule has 0 aromatic heterocycles. The highest BCUT2D eigenvalue weighted by Gasteiger charge is 2.42. The lowest BCUT2D eigenvalue weighted by molar-refractivity contribution is 0.0310. The van der Waals surface area contributed by atoms with Gasteiger partial charge in [0, 0.05) is 12.5 Å². The number of likely N-dealkylation sites (tertiary alicyclic amines) is 1. The normalized spacial score (nSPS) is 17.1. The number of benzene rings is 3. The molecule has 4 heteroatoms. The predicted octanol–water partition coefficient (Wildman–Crippen LogP) is 6.01. The molecule has 0 aliphatic carbocycles. The number of aliphatic hydroxyl groups is 1. The van der Waals surface area contributed by atoms with Crippen molar-refractivity contribution in [3.8, 4) is 5.75 Å². The van der Waals surface area contributed by atoms with Crippen molar-refractivity contribution < 1.29 is 9.84 Å². The highest BCUT2D eigenvalue weighted by molar-refractivity contribution is 5.85. The second-order valence-electron chi connectivity index (χ2n) is 8.41. The predicted molar refractivity (Wildman–Crippen MR) is 134 cm³/mol. The highest BCUT2D eigenvalue weighted by atomic mass is 35.5. The molecule has 170 valence electrons. The van der Waals surface area contributed by atoms with E-state index in [-0.39, 0.29) is 18.3 Å².